The van der Waals surface area contributed by atoms with Crippen molar-refractivity contribution in [2.75, 3.05) is 18.0 Å². The van der Waals surface area contributed by atoms with Crippen molar-refractivity contribution in [1.29, 1.82) is 5.26 Å². The van der Waals surface area contributed by atoms with E-state index in [1.165, 1.54) is 0 Å². The molecular formula is C12H11ClN4S. The summed E-state index contributed by atoms with van der Waals surface area (Å²) in [6.07, 6.45) is 3.70. The van der Waals surface area contributed by atoms with Crippen LogP contribution in [-0.4, -0.2) is 23.1 Å². The van der Waals surface area contributed by atoms with Crippen LogP contribution in [0.1, 0.15) is 12.8 Å². The summed E-state index contributed by atoms with van der Waals surface area (Å²) in [4.78, 5) is 10.8. The molecular weight excluding hydrogens is 268 g/mol. The van der Waals surface area contributed by atoms with E-state index < -0.39 is 0 Å². The zero-order chi connectivity index (χ0) is 12.5. The predicted molar refractivity (Wildman–Crippen MR) is 73.0 cm³/mol. The van der Waals surface area contributed by atoms with Crippen LogP contribution in [0.25, 0.3) is 10.2 Å². The lowest BCUT2D eigenvalue weighted by Gasteiger charge is -2.28. The molecule has 0 N–H and O–H groups in total. The standard InChI is InChI=1S/C12H11ClN4S/c13-11-10-9(3-4-15-11)16-12(18-10)17-5-1-2-8(6-14)7-17/h3-4,8H,1-2,5,7H2. The summed E-state index contributed by atoms with van der Waals surface area (Å²) >= 11 is 7.61. The van der Waals surface area contributed by atoms with Crippen molar-refractivity contribution < 1.29 is 0 Å². The Morgan fingerprint density at radius 1 is 1.56 bits per heavy atom. The lowest BCUT2D eigenvalue weighted by Crippen LogP contribution is -2.34. The van der Waals surface area contributed by atoms with Crippen molar-refractivity contribution in [3.8, 4) is 6.07 Å². The van der Waals surface area contributed by atoms with Gasteiger partial charge in [0.05, 0.1) is 22.2 Å². The Hall–Kier alpha value is -1.38. The van der Waals surface area contributed by atoms with Crippen LogP contribution in [0.5, 0.6) is 0 Å². The molecule has 0 spiro atoms. The molecule has 0 amide bonds. The van der Waals surface area contributed by atoms with Gasteiger partial charge in [0.1, 0.15) is 5.15 Å². The van der Waals surface area contributed by atoms with Crippen LogP contribution >= 0.6 is 22.9 Å². The first kappa shape index (κ1) is 11.7. The molecule has 0 radical (unpaired) electrons. The molecule has 18 heavy (non-hydrogen) atoms. The van der Waals surface area contributed by atoms with E-state index >= 15 is 0 Å². The molecule has 92 valence electrons. The summed E-state index contributed by atoms with van der Waals surface area (Å²) in [5.41, 5.74) is 0.883. The van der Waals surface area contributed by atoms with Gasteiger partial charge in [0.2, 0.25) is 0 Å². The number of pyridine rings is 1. The van der Waals surface area contributed by atoms with Gasteiger partial charge >= 0.3 is 0 Å². The van der Waals surface area contributed by atoms with E-state index in [9.17, 15) is 0 Å². The molecule has 2 aromatic heterocycles. The molecule has 2 aromatic rings. The van der Waals surface area contributed by atoms with E-state index in [1.807, 2.05) is 6.07 Å². The highest BCUT2D eigenvalue weighted by molar-refractivity contribution is 7.22. The van der Waals surface area contributed by atoms with E-state index in [0.29, 0.717) is 5.15 Å². The number of nitriles is 1. The number of fused-ring (bicyclic) bond motifs is 1. The van der Waals surface area contributed by atoms with Gasteiger partial charge in [-0.25, -0.2) is 9.97 Å². The molecule has 3 rings (SSSR count). The maximum Gasteiger partial charge on any atom is 0.186 e. The van der Waals surface area contributed by atoms with Crippen LogP contribution in [-0.2, 0) is 0 Å². The number of hydrogen-bond donors (Lipinski definition) is 0. The van der Waals surface area contributed by atoms with E-state index in [0.717, 1.165) is 41.3 Å². The van der Waals surface area contributed by atoms with Gasteiger partial charge in [-0.1, -0.05) is 22.9 Å². The third-order valence-corrected chi connectivity index (χ3v) is 4.66. The van der Waals surface area contributed by atoms with Gasteiger partial charge in [0.25, 0.3) is 0 Å². The van der Waals surface area contributed by atoms with Crippen LogP contribution in [0, 0.1) is 17.2 Å². The first-order chi connectivity index (χ1) is 8.78. The molecule has 4 nitrogen and oxygen atoms in total. The second kappa shape index (κ2) is 4.71. The first-order valence-electron chi connectivity index (χ1n) is 5.83. The Bertz CT molecular complexity index is 618. The highest BCUT2D eigenvalue weighted by atomic mass is 35.5. The summed E-state index contributed by atoms with van der Waals surface area (Å²) in [5, 5.41) is 10.5. The highest BCUT2D eigenvalue weighted by Gasteiger charge is 2.22. The third kappa shape index (κ3) is 2.02. The van der Waals surface area contributed by atoms with Gasteiger partial charge in [0, 0.05) is 19.3 Å². The Morgan fingerprint density at radius 3 is 3.22 bits per heavy atom. The fourth-order valence-corrected chi connectivity index (χ4v) is 3.45. The van der Waals surface area contributed by atoms with Crippen molar-refractivity contribution >= 4 is 38.3 Å². The number of piperidine rings is 1. The Morgan fingerprint density at radius 2 is 2.44 bits per heavy atom. The number of aromatic nitrogens is 2. The maximum atomic E-state index is 9.01. The van der Waals surface area contributed by atoms with Crippen LogP contribution in [0.3, 0.4) is 0 Å². The Balaban J connectivity index is 1.95. The number of anilines is 1. The average Bonchev–Trinajstić information content (AvgIpc) is 2.84. The summed E-state index contributed by atoms with van der Waals surface area (Å²) in [7, 11) is 0. The molecule has 0 bridgehead atoms. The second-order valence-corrected chi connectivity index (χ2v) is 5.70. The lowest BCUT2D eigenvalue weighted by atomic mass is 10.0. The SMILES string of the molecule is N#CC1CCCN(c2nc3ccnc(Cl)c3s2)C1. The van der Waals surface area contributed by atoms with Gasteiger partial charge in [-0.3, -0.25) is 0 Å². The van der Waals surface area contributed by atoms with Gasteiger partial charge in [-0.2, -0.15) is 5.26 Å². The fraction of sp³-hybridized carbons (Fsp3) is 0.417. The zero-order valence-corrected chi connectivity index (χ0v) is 11.2. The summed E-state index contributed by atoms with van der Waals surface area (Å²) in [6.45, 7) is 1.73. The fourth-order valence-electron chi connectivity index (χ4n) is 2.20. The van der Waals surface area contributed by atoms with Gasteiger partial charge in [-0.05, 0) is 18.9 Å². The third-order valence-electron chi connectivity index (χ3n) is 3.12. The second-order valence-electron chi connectivity index (χ2n) is 4.36. The molecule has 1 unspecified atom stereocenters. The minimum atomic E-state index is 0.111. The average molecular weight is 279 g/mol. The Labute approximate surface area is 114 Å². The molecule has 1 atom stereocenters. The zero-order valence-electron chi connectivity index (χ0n) is 9.64. The Kier molecular flexibility index (Phi) is 3.06. The van der Waals surface area contributed by atoms with Crippen molar-refractivity contribution in [2.45, 2.75) is 12.8 Å². The predicted octanol–water partition coefficient (Wildman–Crippen LogP) is 3.08. The molecule has 0 saturated carbocycles. The molecule has 1 fully saturated rings. The minimum absolute atomic E-state index is 0.111. The number of thiazole rings is 1. The molecule has 1 aliphatic rings. The monoisotopic (exact) mass is 278 g/mol. The number of hydrogen-bond acceptors (Lipinski definition) is 5. The molecule has 0 aromatic carbocycles. The summed E-state index contributed by atoms with van der Waals surface area (Å²) in [6, 6.07) is 4.21. The van der Waals surface area contributed by atoms with Gasteiger partial charge in [-0.15, -0.1) is 0 Å². The quantitative estimate of drug-likeness (QED) is 0.752. The first-order valence-corrected chi connectivity index (χ1v) is 7.03. The van der Waals surface area contributed by atoms with E-state index in [-0.39, 0.29) is 5.92 Å². The van der Waals surface area contributed by atoms with Crippen LogP contribution < -0.4 is 4.90 Å². The smallest absolute Gasteiger partial charge is 0.186 e. The summed E-state index contributed by atoms with van der Waals surface area (Å²) in [5.74, 6) is 0.111. The van der Waals surface area contributed by atoms with Crippen LogP contribution in [0.15, 0.2) is 12.3 Å². The normalized spacial score (nSPS) is 20.0. The molecule has 0 aliphatic carbocycles. The maximum absolute atomic E-state index is 9.01. The number of nitrogens with zero attached hydrogens (tertiary/aromatic N) is 4. The van der Waals surface area contributed by atoms with E-state index in [2.05, 4.69) is 20.9 Å². The number of rotatable bonds is 1. The van der Waals surface area contributed by atoms with Gasteiger partial charge in [0.15, 0.2) is 5.13 Å². The van der Waals surface area contributed by atoms with Gasteiger partial charge < -0.3 is 4.90 Å². The van der Waals surface area contributed by atoms with Crippen molar-refractivity contribution in [2.24, 2.45) is 5.92 Å². The van der Waals surface area contributed by atoms with E-state index in [1.54, 1.807) is 17.5 Å². The van der Waals surface area contributed by atoms with Crippen molar-refractivity contribution in [3.05, 3.63) is 17.4 Å². The van der Waals surface area contributed by atoms with Crippen molar-refractivity contribution in [3.63, 3.8) is 0 Å². The van der Waals surface area contributed by atoms with Crippen LogP contribution in [0.2, 0.25) is 5.15 Å². The minimum Gasteiger partial charge on any atom is -0.347 e. The molecule has 6 heteroatoms. The molecule has 1 aliphatic heterocycles. The number of halogens is 1. The van der Waals surface area contributed by atoms with Crippen molar-refractivity contribution in [1.82, 2.24) is 9.97 Å². The van der Waals surface area contributed by atoms with Crippen LogP contribution in [0.4, 0.5) is 5.13 Å². The molecule has 1 saturated heterocycles. The largest absolute Gasteiger partial charge is 0.347 e. The summed E-state index contributed by atoms with van der Waals surface area (Å²) < 4.78 is 0.924. The highest BCUT2D eigenvalue weighted by Crippen LogP contribution is 2.34. The molecule has 3 heterocycles. The van der Waals surface area contributed by atoms with E-state index in [4.69, 9.17) is 16.9 Å². The lowest BCUT2D eigenvalue weighted by molar-refractivity contribution is 0.493. The topological polar surface area (TPSA) is 52.8 Å².